The van der Waals surface area contributed by atoms with Crippen molar-refractivity contribution < 1.29 is 4.42 Å². The lowest BCUT2D eigenvalue weighted by Gasteiger charge is -1.98. The van der Waals surface area contributed by atoms with Crippen LogP contribution >= 0.6 is 24.0 Å². The molecule has 0 unspecified atom stereocenters. The molecular weight excluding hydrogens is 257 g/mol. The zero-order valence-electron chi connectivity index (χ0n) is 10.1. The fourth-order valence-electron chi connectivity index (χ4n) is 1.83. The minimum absolute atomic E-state index is 0. The second-order valence-corrected chi connectivity index (χ2v) is 4.35. The smallest absolute Gasteiger partial charge is 0.140 e. The van der Waals surface area contributed by atoms with Gasteiger partial charge in [-0.25, -0.2) is 0 Å². The van der Waals surface area contributed by atoms with Crippen LogP contribution in [-0.4, -0.2) is 4.98 Å². The summed E-state index contributed by atoms with van der Waals surface area (Å²) in [4.78, 5) is 4.33. The number of pyridine rings is 1. The van der Waals surface area contributed by atoms with Crippen molar-refractivity contribution in [1.82, 2.24) is 4.98 Å². The zero-order chi connectivity index (χ0) is 11.5. The molecule has 0 fully saturated rings. The predicted molar refractivity (Wildman–Crippen MR) is 74.2 cm³/mol. The number of aryl methyl sites for hydroxylation is 2. The molecule has 2 aromatic rings. The molecule has 0 amide bonds. The van der Waals surface area contributed by atoms with Crippen LogP contribution in [0.2, 0.25) is 0 Å². The number of halogens is 2. The lowest BCUT2D eigenvalue weighted by molar-refractivity contribution is 0.535. The van der Waals surface area contributed by atoms with Crippen LogP contribution in [0.3, 0.4) is 0 Å². The normalized spacial score (nSPS) is 10.5. The lowest BCUT2D eigenvalue weighted by atomic mass is 10.1. The molecule has 2 aromatic heterocycles. The molecule has 2 nitrogen and oxygen atoms in total. The molecule has 0 atom stereocenters. The Morgan fingerprint density at radius 1 is 1.41 bits per heavy atom. The van der Waals surface area contributed by atoms with E-state index in [2.05, 4.69) is 18.0 Å². The number of hydrogen-bond acceptors (Lipinski definition) is 2. The van der Waals surface area contributed by atoms with Gasteiger partial charge in [-0.3, -0.25) is 4.98 Å². The van der Waals surface area contributed by atoms with E-state index >= 15 is 0 Å². The number of fused-ring (bicyclic) bond motifs is 1. The van der Waals surface area contributed by atoms with Crippen LogP contribution in [-0.2, 0) is 12.3 Å². The first-order chi connectivity index (χ1) is 7.76. The summed E-state index contributed by atoms with van der Waals surface area (Å²) in [6.45, 7) is 4.19. The fourth-order valence-corrected chi connectivity index (χ4v) is 2.05. The monoisotopic (exact) mass is 273 g/mol. The summed E-state index contributed by atoms with van der Waals surface area (Å²) in [5.74, 6) is 1.48. The minimum atomic E-state index is 0. The summed E-state index contributed by atoms with van der Waals surface area (Å²) in [6.07, 6.45) is 5.15. The molecule has 0 aliphatic rings. The molecule has 0 aliphatic heterocycles. The summed E-state index contributed by atoms with van der Waals surface area (Å²) in [5.41, 5.74) is 2.93. The van der Waals surface area contributed by atoms with Gasteiger partial charge < -0.3 is 4.42 Å². The van der Waals surface area contributed by atoms with Crippen LogP contribution in [0.25, 0.3) is 11.0 Å². The van der Waals surface area contributed by atoms with Crippen LogP contribution in [0.4, 0.5) is 0 Å². The van der Waals surface area contributed by atoms with Gasteiger partial charge in [0.1, 0.15) is 11.3 Å². The van der Waals surface area contributed by atoms with E-state index in [1.807, 2.05) is 13.1 Å². The van der Waals surface area contributed by atoms with E-state index in [1.165, 1.54) is 6.42 Å². The van der Waals surface area contributed by atoms with Crippen molar-refractivity contribution in [1.29, 1.82) is 0 Å². The van der Waals surface area contributed by atoms with Crippen LogP contribution in [0.1, 0.15) is 36.8 Å². The first-order valence-electron chi connectivity index (χ1n) is 5.69. The Bertz CT molecular complexity index is 493. The first-order valence-corrected chi connectivity index (χ1v) is 6.22. The highest BCUT2D eigenvalue weighted by atomic mass is 35.5. The van der Waals surface area contributed by atoms with E-state index < -0.39 is 0 Å². The van der Waals surface area contributed by atoms with E-state index in [0.29, 0.717) is 5.88 Å². The van der Waals surface area contributed by atoms with Crippen molar-refractivity contribution in [2.75, 3.05) is 0 Å². The molecule has 0 N–H and O–H groups in total. The molecule has 0 radical (unpaired) electrons. The molecule has 4 heteroatoms. The predicted octanol–water partition coefficient (Wildman–Crippen LogP) is 4.64. The molecule has 2 rings (SSSR count). The number of rotatable bonds is 4. The molecule has 0 aromatic carbocycles. The zero-order valence-corrected chi connectivity index (χ0v) is 11.7. The summed E-state index contributed by atoms with van der Waals surface area (Å²) in [6, 6.07) is 2.09. The number of alkyl halides is 1. The summed E-state index contributed by atoms with van der Waals surface area (Å²) >= 11 is 5.87. The molecule has 0 spiro atoms. The summed E-state index contributed by atoms with van der Waals surface area (Å²) in [7, 11) is 0. The second-order valence-electron chi connectivity index (χ2n) is 4.08. The lowest BCUT2D eigenvalue weighted by Crippen LogP contribution is -1.86. The summed E-state index contributed by atoms with van der Waals surface area (Å²) in [5, 5.41) is 1.07. The van der Waals surface area contributed by atoms with Gasteiger partial charge >= 0.3 is 0 Å². The van der Waals surface area contributed by atoms with Crippen molar-refractivity contribution in [3.8, 4) is 0 Å². The largest absolute Gasteiger partial charge is 0.461 e. The van der Waals surface area contributed by atoms with Gasteiger partial charge in [0.15, 0.2) is 0 Å². The Balaban J connectivity index is 0.00000144. The standard InChI is InChI=1S/C13H16ClNO.ClH/c1-3-4-5-10-6-11-12(7-14)15-8-9(2)13(11)16-10;/h6,8H,3-5,7H2,1-2H3;1H. The maximum absolute atomic E-state index is 5.87. The third-order valence-corrected chi connectivity index (χ3v) is 3.02. The molecule has 17 heavy (non-hydrogen) atoms. The average Bonchev–Trinajstić information content (AvgIpc) is 2.72. The van der Waals surface area contributed by atoms with Gasteiger partial charge in [-0.15, -0.1) is 24.0 Å². The van der Waals surface area contributed by atoms with Crippen LogP contribution in [0, 0.1) is 6.92 Å². The number of nitrogens with zero attached hydrogens (tertiary/aromatic N) is 1. The van der Waals surface area contributed by atoms with Crippen LogP contribution < -0.4 is 0 Å². The average molecular weight is 274 g/mol. The van der Waals surface area contributed by atoms with Crippen LogP contribution in [0.15, 0.2) is 16.7 Å². The van der Waals surface area contributed by atoms with Crippen molar-refractivity contribution in [3.63, 3.8) is 0 Å². The van der Waals surface area contributed by atoms with Gasteiger partial charge in [-0.1, -0.05) is 13.3 Å². The highest BCUT2D eigenvalue weighted by molar-refractivity contribution is 6.17. The maximum Gasteiger partial charge on any atom is 0.140 e. The van der Waals surface area contributed by atoms with E-state index in [0.717, 1.165) is 40.8 Å². The van der Waals surface area contributed by atoms with Gasteiger partial charge in [-0.2, -0.15) is 0 Å². The SMILES string of the molecule is CCCCc1cc2c(CCl)ncc(C)c2o1.Cl. The van der Waals surface area contributed by atoms with Crippen LogP contribution in [0.5, 0.6) is 0 Å². The first kappa shape index (κ1) is 14.3. The van der Waals surface area contributed by atoms with Gasteiger partial charge in [0, 0.05) is 23.6 Å². The highest BCUT2D eigenvalue weighted by Gasteiger charge is 2.10. The van der Waals surface area contributed by atoms with E-state index in [-0.39, 0.29) is 12.4 Å². The molecule has 0 saturated heterocycles. The molecule has 0 bridgehead atoms. The van der Waals surface area contributed by atoms with Gasteiger partial charge in [-0.05, 0) is 19.4 Å². The van der Waals surface area contributed by atoms with Crippen molar-refractivity contribution >= 4 is 35.0 Å². The Morgan fingerprint density at radius 3 is 2.82 bits per heavy atom. The molecular formula is C13H17Cl2NO. The maximum atomic E-state index is 5.87. The van der Waals surface area contributed by atoms with E-state index in [9.17, 15) is 0 Å². The molecule has 0 saturated carbocycles. The van der Waals surface area contributed by atoms with Gasteiger partial charge in [0.2, 0.25) is 0 Å². The molecule has 0 aliphatic carbocycles. The molecule has 2 heterocycles. The quantitative estimate of drug-likeness (QED) is 0.759. The highest BCUT2D eigenvalue weighted by Crippen LogP contribution is 2.26. The second kappa shape index (κ2) is 6.27. The Labute approximate surface area is 113 Å². The minimum Gasteiger partial charge on any atom is -0.461 e. The van der Waals surface area contributed by atoms with E-state index in [1.54, 1.807) is 0 Å². The Hall–Kier alpha value is -0.730. The molecule has 94 valence electrons. The topological polar surface area (TPSA) is 26.0 Å². The number of aromatic nitrogens is 1. The van der Waals surface area contributed by atoms with Gasteiger partial charge in [0.25, 0.3) is 0 Å². The van der Waals surface area contributed by atoms with Gasteiger partial charge in [0.05, 0.1) is 11.6 Å². The number of hydrogen-bond donors (Lipinski definition) is 0. The van der Waals surface area contributed by atoms with Crippen molar-refractivity contribution in [2.24, 2.45) is 0 Å². The summed E-state index contributed by atoms with van der Waals surface area (Å²) < 4.78 is 5.84. The number of unbranched alkanes of at least 4 members (excludes halogenated alkanes) is 1. The number of furan rings is 1. The fraction of sp³-hybridized carbons (Fsp3) is 0.462. The Morgan fingerprint density at radius 2 is 2.18 bits per heavy atom. The Kier molecular flexibility index (Phi) is 5.29. The third-order valence-electron chi connectivity index (χ3n) is 2.77. The third kappa shape index (κ3) is 2.93. The van der Waals surface area contributed by atoms with Crippen molar-refractivity contribution in [2.45, 2.75) is 39.0 Å². The van der Waals surface area contributed by atoms with E-state index in [4.69, 9.17) is 16.0 Å². The van der Waals surface area contributed by atoms with Crippen molar-refractivity contribution in [3.05, 3.63) is 29.3 Å².